The number of esters is 1. The van der Waals surface area contributed by atoms with Crippen molar-refractivity contribution in [3.8, 4) is 10.6 Å². The minimum atomic E-state index is -0.421. The number of rotatable bonds is 5. The van der Waals surface area contributed by atoms with Crippen LogP contribution in [-0.4, -0.2) is 16.1 Å². The molecule has 0 spiro atoms. The average Bonchev–Trinajstić information content (AvgIpc) is 3.20. The van der Waals surface area contributed by atoms with Gasteiger partial charge in [-0.1, -0.05) is 41.9 Å². The van der Waals surface area contributed by atoms with Crippen LogP contribution in [0.15, 0.2) is 34.2 Å². The Labute approximate surface area is 144 Å². The van der Waals surface area contributed by atoms with E-state index in [-0.39, 0.29) is 6.61 Å². The van der Waals surface area contributed by atoms with Crippen LogP contribution in [0.3, 0.4) is 0 Å². The molecule has 0 aliphatic carbocycles. The maximum atomic E-state index is 12.2. The standard InChI is InChI=1S/C18H18N2O3S/c1-4-15-16(12(3)23-20-15)18(21)22-9-14-10-24-17(19-14)13-7-5-11(2)6-8-13/h5-8,10H,4,9H2,1-3H3. The number of carbonyl (C=O) groups is 1. The van der Waals surface area contributed by atoms with Crippen LogP contribution >= 0.6 is 11.3 Å². The predicted molar refractivity (Wildman–Crippen MR) is 92.0 cm³/mol. The van der Waals surface area contributed by atoms with Gasteiger partial charge in [-0.15, -0.1) is 11.3 Å². The van der Waals surface area contributed by atoms with Crippen LogP contribution in [0.4, 0.5) is 0 Å². The van der Waals surface area contributed by atoms with E-state index in [0.29, 0.717) is 23.4 Å². The zero-order valence-electron chi connectivity index (χ0n) is 13.8. The van der Waals surface area contributed by atoms with Gasteiger partial charge in [-0.25, -0.2) is 9.78 Å². The molecule has 0 aliphatic rings. The molecule has 1 aromatic carbocycles. The molecule has 124 valence electrons. The van der Waals surface area contributed by atoms with Crippen molar-refractivity contribution >= 4 is 17.3 Å². The highest BCUT2D eigenvalue weighted by molar-refractivity contribution is 7.13. The summed E-state index contributed by atoms with van der Waals surface area (Å²) in [5.41, 5.74) is 4.05. The number of nitrogens with zero attached hydrogens (tertiary/aromatic N) is 2. The van der Waals surface area contributed by atoms with Crippen molar-refractivity contribution in [2.24, 2.45) is 0 Å². The Hall–Kier alpha value is -2.47. The van der Waals surface area contributed by atoms with Gasteiger partial charge >= 0.3 is 5.97 Å². The minimum absolute atomic E-state index is 0.134. The number of aryl methyl sites for hydroxylation is 3. The van der Waals surface area contributed by atoms with Crippen molar-refractivity contribution in [2.75, 3.05) is 0 Å². The van der Waals surface area contributed by atoms with E-state index in [1.165, 1.54) is 16.9 Å². The van der Waals surface area contributed by atoms with Crippen LogP contribution in [0.5, 0.6) is 0 Å². The molecular formula is C18H18N2O3S. The number of carbonyl (C=O) groups excluding carboxylic acids is 1. The molecule has 2 heterocycles. The van der Waals surface area contributed by atoms with Gasteiger partial charge in [-0.3, -0.25) is 0 Å². The first-order valence-corrected chi connectivity index (χ1v) is 8.60. The predicted octanol–water partition coefficient (Wildman–Crippen LogP) is 4.33. The number of benzene rings is 1. The largest absolute Gasteiger partial charge is 0.455 e. The van der Waals surface area contributed by atoms with Gasteiger partial charge in [0.05, 0.1) is 11.4 Å². The highest BCUT2D eigenvalue weighted by atomic mass is 32.1. The van der Waals surface area contributed by atoms with Crippen molar-refractivity contribution < 1.29 is 14.1 Å². The Morgan fingerprint density at radius 2 is 2.00 bits per heavy atom. The Morgan fingerprint density at radius 3 is 2.71 bits per heavy atom. The highest BCUT2D eigenvalue weighted by Gasteiger charge is 2.21. The molecule has 0 aliphatic heterocycles. The third kappa shape index (κ3) is 3.38. The molecule has 0 fully saturated rings. The van der Waals surface area contributed by atoms with Crippen LogP contribution < -0.4 is 0 Å². The smallest absolute Gasteiger partial charge is 0.344 e. The molecule has 0 radical (unpaired) electrons. The lowest BCUT2D eigenvalue weighted by atomic mass is 10.1. The second-order valence-corrected chi connectivity index (χ2v) is 6.36. The fraction of sp³-hybridized carbons (Fsp3) is 0.278. The van der Waals surface area contributed by atoms with Crippen LogP contribution in [0.2, 0.25) is 0 Å². The van der Waals surface area contributed by atoms with Gasteiger partial charge in [0, 0.05) is 10.9 Å². The van der Waals surface area contributed by atoms with Crippen LogP contribution in [-0.2, 0) is 17.8 Å². The summed E-state index contributed by atoms with van der Waals surface area (Å²) < 4.78 is 10.4. The van der Waals surface area contributed by atoms with E-state index in [2.05, 4.69) is 22.3 Å². The van der Waals surface area contributed by atoms with Crippen molar-refractivity contribution in [3.05, 3.63) is 57.9 Å². The van der Waals surface area contributed by atoms with E-state index in [1.54, 1.807) is 6.92 Å². The van der Waals surface area contributed by atoms with E-state index in [9.17, 15) is 4.79 Å². The zero-order chi connectivity index (χ0) is 17.1. The van der Waals surface area contributed by atoms with Gasteiger partial charge in [0.1, 0.15) is 22.9 Å². The number of aromatic nitrogens is 2. The maximum Gasteiger partial charge on any atom is 0.344 e. The lowest BCUT2D eigenvalue weighted by Gasteiger charge is -2.02. The molecule has 3 rings (SSSR count). The Morgan fingerprint density at radius 1 is 1.25 bits per heavy atom. The van der Waals surface area contributed by atoms with Gasteiger partial charge in [-0.2, -0.15) is 0 Å². The summed E-state index contributed by atoms with van der Waals surface area (Å²) in [4.78, 5) is 16.8. The molecule has 6 heteroatoms. The summed E-state index contributed by atoms with van der Waals surface area (Å²) in [6, 6.07) is 8.19. The van der Waals surface area contributed by atoms with E-state index < -0.39 is 5.97 Å². The molecule has 0 saturated heterocycles. The molecule has 24 heavy (non-hydrogen) atoms. The average molecular weight is 342 g/mol. The van der Waals surface area contributed by atoms with Gasteiger partial charge in [0.2, 0.25) is 0 Å². The molecule has 3 aromatic rings. The summed E-state index contributed by atoms with van der Waals surface area (Å²) >= 11 is 1.54. The zero-order valence-corrected chi connectivity index (χ0v) is 14.6. The van der Waals surface area contributed by atoms with Gasteiger partial charge in [-0.05, 0) is 20.3 Å². The molecule has 0 atom stereocenters. The van der Waals surface area contributed by atoms with E-state index in [4.69, 9.17) is 9.26 Å². The van der Waals surface area contributed by atoms with Crippen molar-refractivity contribution in [1.82, 2.24) is 10.1 Å². The highest BCUT2D eigenvalue weighted by Crippen LogP contribution is 2.24. The first-order valence-electron chi connectivity index (χ1n) is 7.72. The lowest BCUT2D eigenvalue weighted by molar-refractivity contribution is 0.0465. The van der Waals surface area contributed by atoms with Crippen LogP contribution in [0.25, 0.3) is 10.6 Å². The summed E-state index contributed by atoms with van der Waals surface area (Å²) in [5, 5.41) is 6.69. The summed E-state index contributed by atoms with van der Waals surface area (Å²) in [5.74, 6) is 0.0611. The second kappa shape index (κ2) is 6.97. The third-order valence-electron chi connectivity index (χ3n) is 3.67. The molecule has 0 unspecified atom stereocenters. The summed E-state index contributed by atoms with van der Waals surface area (Å²) in [6.07, 6.45) is 0.621. The molecular weight excluding hydrogens is 324 g/mol. The topological polar surface area (TPSA) is 65.2 Å². The quantitative estimate of drug-likeness (QED) is 0.646. The number of hydrogen-bond acceptors (Lipinski definition) is 6. The monoisotopic (exact) mass is 342 g/mol. The van der Waals surface area contributed by atoms with Gasteiger partial charge in [0.25, 0.3) is 0 Å². The van der Waals surface area contributed by atoms with Gasteiger partial charge in [0.15, 0.2) is 0 Å². The Balaban J connectivity index is 1.68. The molecule has 0 bridgehead atoms. The fourth-order valence-electron chi connectivity index (χ4n) is 2.33. The molecule has 5 nitrogen and oxygen atoms in total. The van der Waals surface area contributed by atoms with E-state index in [1.807, 2.05) is 31.4 Å². The number of hydrogen-bond donors (Lipinski definition) is 0. The summed E-state index contributed by atoms with van der Waals surface area (Å²) in [6.45, 7) is 5.81. The molecule has 0 amide bonds. The van der Waals surface area contributed by atoms with Crippen LogP contribution in [0.1, 0.15) is 40.0 Å². The molecule has 2 aromatic heterocycles. The SMILES string of the molecule is CCc1noc(C)c1C(=O)OCc1csc(-c2ccc(C)cc2)n1. The van der Waals surface area contributed by atoms with Crippen molar-refractivity contribution in [3.63, 3.8) is 0 Å². The normalized spacial score (nSPS) is 10.8. The Kier molecular flexibility index (Phi) is 4.76. The first-order chi connectivity index (χ1) is 11.6. The van der Waals surface area contributed by atoms with E-state index >= 15 is 0 Å². The van der Waals surface area contributed by atoms with Crippen molar-refractivity contribution in [1.29, 1.82) is 0 Å². The van der Waals surface area contributed by atoms with Crippen molar-refractivity contribution in [2.45, 2.75) is 33.8 Å². The summed E-state index contributed by atoms with van der Waals surface area (Å²) in [7, 11) is 0. The minimum Gasteiger partial charge on any atom is -0.455 e. The lowest BCUT2D eigenvalue weighted by Crippen LogP contribution is -2.08. The fourth-order valence-corrected chi connectivity index (χ4v) is 3.15. The molecule has 0 saturated carbocycles. The Bertz CT molecular complexity index is 850. The number of thiazole rings is 1. The third-order valence-corrected chi connectivity index (χ3v) is 4.61. The van der Waals surface area contributed by atoms with Crippen LogP contribution in [0, 0.1) is 13.8 Å². The second-order valence-electron chi connectivity index (χ2n) is 5.50. The molecule has 0 N–H and O–H groups in total. The number of ether oxygens (including phenoxy) is 1. The van der Waals surface area contributed by atoms with E-state index in [0.717, 1.165) is 16.3 Å². The first kappa shape index (κ1) is 16.4. The maximum absolute atomic E-state index is 12.2. The van der Waals surface area contributed by atoms with Gasteiger partial charge < -0.3 is 9.26 Å².